The molecule has 1 aromatic carbocycles. The molecule has 2 aromatic rings. The summed E-state index contributed by atoms with van der Waals surface area (Å²) < 4.78 is 18.2. The van der Waals surface area contributed by atoms with E-state index in [0.717, 1.165) is 0 Å². The summed E-state index contributed by atoms with van der Waals surface area (Å²) in [4.78, 5) is 4.25. The van der Waals surface area contributed by atoms with Crippen LogP contribution in [0.1, 0.15) is 19.7 Å². The number of halogens is 2. The molecule has 0 saturated carbocycles. The lowest BCUT2D eigenvalue weighted by Gasteiger charge is -2.15. The highest BCUT2D eigenvalue weighted by atomic mass is 35.5. The van der Waals surface area contributed by atoms with Gasteiger partial charge < -0.3 is 10.3 Å². The largest absolute Gasteiger partial charge is 0.338 e. The second kappa shape index (κ2) is 4.66. The Morgan fingerprint density at radius 1 is 1.44 bits per heavy atom. The standard InChI is InChI=1S/C12H13ClFN3O/c1-12(2,6-15)11-16-10(17-18-11)7-3-4-9(14)8(13)5-7/h3-5H,6,15H2,1-2H3. The topological polar surface area (TPSA) is 64.9 Å². The molecular formula is C12H13ClFN3O. The first-order valence-electron chi connectivity index (χ1n) is 5.44. The summed E-state index contributed by atoms with van der Waals surface area (Å²) in [7, 11) is 0. The van der Waals surface area contributed by atoms with E-state index in [1.165, 1.54) is 12.1 Å². The molecule has 0 saturated heterocycles. The highest BCUT2D eigenvalue weighted by Gasteiger charge is 2.26. The molecule has 0 fully saturated rings. The minimum Gasteiger partial charge on any atom is -0.338 e. The first-order valence-corrected chi connectivity index (χ1v) is 5.81. The molecule has 0 bridgehead atoms. The van der Waals surface area contributed by atoms with Gasteiger partial charge in [-0.2, -0.15) is 4.98 Å². The normalized spacial score (nSPS) is 11.8. The second-order valence-corrected chi connectivity index (χ2v) is 5.05. The van der Waals surface area contributed by atoms with Crippen LogP contribution in [0.25, 0.3) is 11.4 Å². The van der Waals surface area contributed by atoms with Crippen LogP contribution in [0.2, 0.25) is 5.02 Å². The third kappa shape index (κ3) is 2.37. The van der Waals surface area contributed by atoms with Gasteiger partial charge in [0.1, 0.15) is 5.82 Å². The Bertz CT molecular complexity index is 568. The van der Waals surface area contributed by atoms with Crippen LogP contribution in [0.4, 0.5) is 4.39 Å². The van der Waals surface area contributed by atoms with Gasteiger partial charge >= 0.3 is 0 Å². The summed E-state index contributed by atoms with van der Waals surface area (Å²) in [6.07, 6.45) is 0. The second-order valence-electron chi connectivity index (χ2n) is 4.64. The summed E-state index contributed by atoms with van der Waals surface area (Å²) in [5.41, 5.74) is 5.84. The van der Waals surface area contributed by atoms with E-state index in [-0.39, 0.29) is 5.02 Å². The molecule has 96 valence electrons. The summed E-state index contributed by atoms with van der Waals surface area (Å²) in [6, 6.07) is 4.27. The number of hydrogen-bond acceptors (Lipinski definition) is 4. The van der Waals surface area contributed by atoms with E-state index in [1.54, 1.807) is 6.07 Å². The molecule has 0 radical (unpaired) electrons. The van der Waals surface area contributed by atoms with E-state index in [2.05, 4.69) is 10.1 Å². The van der Waals surface area contributed by atoms with Gasteiger partial charge in [0.15, 0.2) is 0 Å². The zero-order valence-electron chi connectivity index (χ0n) is 10.1. The van der Waals surface area contributed by atoms with Gasteiger partial charge in [-0.25, -0.2) is 4.39 Å². The van der Waals surface area contributed by atoms with Crippen molar-refractivity contribution < 1.29 is 8.91 Å². The van der Waals surface area contributed by atoms with Crippen molar-refractivity contribution in [3.63, 3.8) is 0 Å². The SMILES string of the molecule is CC(C)(CN)c1nc(-c2ccc(F)c(Cl)c2)no1. The highest BCUT2D eigenvalue weighted by molar-refractivity contribution is 6.31. The molecule has 4 nitrogen and oxygen atoms in total. The molecule has 0 aliphatic rings. The first-order chi connectivity index (χ1) is 8.44. The average molecular weight is 270 g/mol. The minimum atomic E-state index is -0.480. The Labute approximate surface area is 109 Å². The molecule has 0 unspecified atom stereocenters. The minimum absolute atomic E-state index is 0.0249. The van der Waals surface area contributed by atoms with Crippen LogP contribution in [0.5, 0.6) is 0 Å². The van der Waals surface area contributed by atoms with Crippen LogP contribution >= 0.6 is 11.6 Å². The maximum absolute atomic E-state index is 13.1. The van der Waals surface area contributed by atoms with Crippen LogP contribution in [-0.2, 0) is 5.41 Å². The molecule has 0 amide bonds. The van der Waals surface area contributed by atoms with Gasteiger partial charge in [0.2, 0.25) is 11.7 Å². The smallest absolute Gasteiger partial charge is 0.233 e. The van der Waals surface area contributed by atoms with Crippen LogP contribution < -0.4 is 5.73 Å². The number of nitrogens with two attached hydrogens (primary N) is 1. The fourth-order valence-electron chi connectivity index (χ4n) is 1.34. The molecule has 1 heterocycles. The number of rotatable bonds is 3. The van der Waals surface area contributed by atoms with Crippen LogP contribution in [-0.4, -0.2) is 16.7 Å². The van der Waals surface area contributed by atoms with Crippen molar-refractivity contribution in [1.29, 1.82) is 0 Å². The van der Waals surface area contributed by atoms with Crippen molar-refractivity contribution in [2.45, 2.75) is 19.3 Å². The van der Waals surface area contributed by atoms with Crippen molar-refractivity contribution >= 4 is 11.6 Å². The monoisotopic (exact) mass is 269 g/mol. The zero-order chi connectivity index (χ0) is 13.3. The third-order valence-corrected chi connectivity index (χ3v) is 2.98. The summed E-state index contributed by atoms with van der Waals surface area (Å²) in [5, 5.41) is 3.87. The Morgan fingerprint density at radius 2 is 2.17 bits per heavy atom. The fourth-order valence-corrected chi connectivity index (χ4v) is 1.52. The lowest BCUT2D eigenvalue weighted by molar-refractivity contribution is 0.311. The van der Waals surface area contributed by atoms with Crippen molar-refractivity contribution in [2.75, 3.05) is 6.54 Å². The quantitative estimate of drug-likeness (QED) is 0.930. The van der Waals surface area contributed by atoms with E-state index < -0.39 is 11.2 Å². The summed E-state index contributed by atoms with van der Waals surface area (Å²) >= 11 is 5.71. The fraction of sp³-hybridized carbons (Fsp3) is 0.333. The zero-order valence-corrected chi connectivity index (χ0v) is 10.8. The van der Waals surface area contributed by atoms with Gasteiger partial charge in [-0.1, -0.05) is 16.8 Å². The molecule has 2 rings (SSSR count). The molecule has 18 heavy (non-hydrogen) atoms. The van der Waals surface area contributed by atoms with Crippen LogP contribution in [0, 0.1) is 5.82 Å². The summed E-state index contributed by atoms with van der Waals surface area (Å²) in [5.74, 6) is 0.334. The molecular weight excluding hydrogens is 257 g/mol. The van der Waals surface area contributed by atoms with E-state index in [1.807, 2.05) is 13.8 Å². The molecule has 2 N–H and O–H groups in total. The van der Waals surface area contributed by atoms with Gasteiger partial charge in [0.25, 0.3) is 0 Å². The number of nitrogens with zero attached hydrogens (tertiary/aromatic N) is 2. The lowest BCUT2D eigenvalue weighted by atomic mass is 9.94. The van der Waals surface area contributed by atoms with Crippen LogP contribution in [0.15, 0.2) is 22.7 Å². The Balaban J connectivity index is 2.38. The predicted octanol–water partition coefficient (Wildman–Crippen LogP) is 2.77. The van der Waals surface area contributed by atoms with E-state index in [4.69, 9.17) is 21.9 Å². The maximum atomic E-state index is 13.1. The molecule has 0 spiro atoms. The van der Waals surface area contributed by atoms with Crippen molar-refractivity contribution in [2.24, 2.45) is 5.73 Å². The van der Waals surface area contributed by atoms with Gasteiger partial charge in [0, 0.05) is 12.1 Å². The summed E-state index contributed by atoms with van der Waals surface area (Å²) in [6.45, 7) is 4.20. The number of hydrogen-bond donors (Lipinski definition) is 1. The van der Waals surface area contributed by atoms with Gasteiger partial charge in [-0.3, -0.25) is 0 Å². The Morgan fingerprint density at radius 3 is 2.78 bits per heavy atom. The average Bonchev–Trinajstić information content (AvgIpc) is 2.83. The first kappa shape index (κ1) is 13.0. The predicted molar refractivity (Wildman–Crippen MR) is 66.8 cm³/mol. The van der Waals surface area contributed by atoms with Crippen molar-refractivity contribution in [1.82, 2.24) is 10.1 Å². The van der Waals surface area contributed by atoms with E-state index in [9.17, 15) is 4.39 Å². The molecule has 0 atom stereocenters. The molecule has 0 aliphatic carbocycles. The van der Waals surface area contributed by atoms with E-state index in [0.29, 0.717) is 23.8 Å². The lowest BCUT2D eigenvalue weighted by Crippen LogP contribution is -2.28. The Hall–Kier alpha value is -1.46. The maximum Gasteiger partial charge on any atom is 0.233 e. The van der Waals surface area contributed by atoms with Crippen LogP contribution in [0.3, 0.4) is 0 Å². The molecule has 6 heteroatoms. The number of aromatic nitrogens is 2. The highest BCUT2D eigenvalue weighted by Crippen LogP contribution is 2.26. The van der Waals surface area contributed by atoms with E-state index >= 15 is 0 Å². The van der Waals surface area contributed by atoms with Gasteiger partial charge in [0.05, 0.1) is 10.4 Å². The number of benzene rings is 1. The third-order valence-electron chi connectivity index (χ3n) is 2.69. The van der Waals surface area contributed by atoms with Gasteiger partial charge in [-0.15, -0.1) is 0 Å². The Kier molecular flexibility index (Phi) is 3.36. The van der Waals surface area contributed by atoms with Gasteiger partial charge in [-0.05, 0) is 32.0 Å². The molecule has 1 aromatic heterocycles. The molecule has 0 aliphatic heterocycles. The van der Waals surface area contributed by atoms with Crippen molar-refractivity contribution in [3.05, 3.63) is 34.9 Å². The van der Waals surface area contributed by atoms with Crippen molar-refractivity contribution in [3.8, 4) is 11.4 Å².